The number of aromatic nitrogens is 1. The van der Waals surface area contributed by atoms with Gasteiger partial charge in [-0.2, -0.15) is 0 Å². The number of sulfonamides is 1. The first-order valence-electron chi connectivity index (χ1n) is 8.37. The van der Waals surface area contributed by atoms with Crippen molar-refractivity contribution in [2.24, 2.45) is 10.6 Å². The summed E-state index contributed by atoms with van der Waals surface area (Å²) in [5.74, 6) is 0. The van der Waals surface area contributed by atoms with Gasteiger partial charge in [0, 0.05) is 22.1 Å². The summed E-state index contributed by atoms with van der Waals surface area (Å²) < 4.78 is 22.9. The van der Waals surface area contributed by atoms with Gasteiger partial charge >= 0.3 is 0 Å². The molecule has 0 unspecified atom stereocenters. The highest BCUT2D eigenvalue weighted by atomic mass is 32.2. The molecule has 2 aliphatic rings. The number of rotatable bonds is 3. The molecule has 2 heterocycles. The van der Waals surface area contributed by atoms with E-state index < -0.39 is 10.0 Å². The van der Waals surface area contributed by atoms with E-state index in [1.54, 1.807) is 23.6 Å². The molecule has 130 valence electrons. The SMILES string of the molecule is Cc1csc(C2=CC3(C=C2c2ccc(S(N)(=O)=O)nc2)CCCC3)c1. The van der Waals surface area contributed by atoms with Crippen molar-refractivity contribution in [3.8, 4) is 0 Å². The van der Waals surface area contributed by atoms with Crippen molar-refractivity contribution < 1.29 is 8.42 Å². The third-order valence-electron chi connectivity index (χ3n) is 5.02. The second-order valence-corrected chi connectivity index (χ2v) is 9.39. The molecule has 0 aromatic carbocycles. The molecular weight excluding hydrogens is 352 g/mol. The minimum atomic E-state index is -3.77. The molecule has 0 bridgehead atoms. The van der Waals surface area contributed by atoms with Crippen LogP contribution in [0.3, 0.4) is 0 Å². The summed E-state index contributed by atoms with van der Waals surface area (Å²) in [6, 6.07) is 5.51. The minimum Gasteiger partial charge on any atom is -0.243 e. The fourth-order valence-electron chi connectivity index (χ4n) is 3.82. The Kier molecular flexibility index (Phi) is 3.94. The van der Waals surface area contributed by atoms with Gasteiger partial charge in [0.1, 0.15) is 0 Å². The summed E-state index contributed by atoms with van der Waals surface area (Å²) >= 11 is 1.75. The van der Waals surface area contributed by atoms with Crippen LogP contribution in [0.1, 0.15) is 41.7 Å². The first-order chi connectivity index (χ1) is 11.9. The molecular formula is C19H20N2O2S2. The third-order valence-corrected chi connectivity index (χ3v) is 6.93. The third kappa shape index (κ3) is 3.10. The summed E-state index contributed by atoms with van der Waals surface area (Å²) in [6.07, 6.45) is 11.2. The van der Waals surface area contributed by atoms with Crippen LogP contribution in [0.5, 0.6) is 0 Å². The Balaban J connectivity index is 1.79. The zero-order chi connectivity index (χ0) is 17.7. The summed E-state index contributed by atoms with van der Waals surface area (Å²) in [5, 5.41) is 7.23. The Bertz CT molecular complexity index is 977. The highest BCUT2D eigenvalue weighted by Gasteiger charge is 2.36. The van der Waals surface area contributed by atoms with E-state index in [1.165, 1.54) is 47.8 Å². The lowest BCUT2D eigenvalue weighted by molar-refractivity contribution is 0.523. The smallest absolute Gasteiger partial charge is 0.243 e. The number of thiophene rings is 1. The second kappa shape index (κ2) is 5.90. The summed E-state index contributed by atoms with van der Waals surface area (Å²) in [4.78, 5) is 5.32. The molecule has 0 amide bonds. The first kappa shape index (κ1) is 16.7. The van der Waals surface area contributed by atoms with E-state index in [4.69, 9.17) is 5.14 Å². The van der Waals surface area contributed by atoms with Crippen LogP contribution < -0.4 is 5.14 Å². The van der Waals surface area contributed by atoms with Crippen molar-refractivity contribution in [1.82, 2.24) is 4.98 Å². The average molecular weight is 373 g/mol. The molecule has 4 rings (SSSR count). The van der Waals surface area contributed by atoms with E-state index in [9.17, 15) is 8.42 Å². The van der Waals surface area contributed by atoms with Crippen LogP contribution >= 0.6 is 11.3 Å². The molecule has 2 aliphatic carbocycles. The van der Waals surface area contributed by atoms with Gasteiger partial charge in [-0.15, -0.1) is 11.3 Å². The molecule has 1 fully saturated rings. The largest absolute Gasteiger partial charge is 0.255 e. The van der Waals surface area contributed by atoms with E-state index in [0.29, 0.717) is 0 Å². The molecule has 0 atom stereocenters. The van der Waals surface area contributed by atoms with Crippen LogP contribution in [-0.4, -0.2) is 13.4 Å². The van der Waals surface area contributed by atoms with Crippen LogP contribution in [0.25, 0.3) is 11.1 Å². The lowest BCUT2D eigenvalue weighted by Gasteiger charge is -2.16. The van der Waals surface area contributed by atoms with Gasteiger partial charge in [-0.05, 0) is 60.1 Å². The van der Waals surface area contributed by atoms with Crippen molar-refractivity contribution >= 4 is 32.5 Å². The minimum absolute atomic E-state index is 0.0945. The summed E-state index contributed by atoms with van der Waals surface area (Å²) in [6.45, 7) is 2.10. The summed E-state index contributed by atoms with van der Waals surface area (Å²) in [7, 11) is -3.77. The number of aryl methyl sites for hydroxylation is 1. The Morgan fingerprint density at radius 2 is 1.88 bits per heavy atom. The van der Waals surface area contributed by atoms with Crippen molar-refractivity contribution in [3.63, 3.8) is 0 Å². The first-order valence-corrected chi connectivity index (χ1v) is 10.8. The second-order valence-electron chi connectivity index (χ2n) is 6.97. The Morgan fingerprint density at radius 1 is 1.16 bits per heavy atom. The van der Waals surface area contributed by atoms with Gasteiger partial charge in [0.15, 0.2) is 5.03 Å². The molecule has 2 aromatic rings. The van der Waals surface area contributed by atoms with Crippen LogP contribution in [0.15, 0.2) is 47.0 Å². The summed E-state index contributed by atoms with van der Waals surface area (Å²) in [5.41, 5.74) is 4.73. The van der Waals surface area contributed by atoms with Crippen LogP contribution in [0.4, 0.5) is 0 Å². The van der Waals surface area contributed by atoms with Gasteiger partial charge in [-0.25, -0.2) is 18.5 Å². The van der Waals surface area contributed by atoms with Gasteiger partial charge in [0.25, 0.3) is 10.0 Å². The zero-order valence-corrected chi connectivity index (χ0v) is 15.7. The number of allylic oxidation sites excluding steroid dienone is 4. The standard InChI is InChI=1S/C19H20N2O2S2/c1-13-8-17(24-12-13)16-10-19(6-2-3-7-19)9-15(16)14-4-5-18(21-11-14)25(20,22)23/h4-5,8-12H,2-3,6-7H2,1H3,(H2,20,22,23). The van der Waals surface area contributed by atoms with Gasteiger partial charge in [0.2, 0.25) is 0 Å². The molecule has 0 saturated heterocycles. The van der Waals surface area contributed by atoms with Crippen LogP contribution in [0.2, 0.25) is 0 Å². The Hall–Kier alpha value is -1.76. The Labute approximate surface area is 152 Å². The fraction of sp³-hybridized carbons (Fsp3) is 0.316. The molecule has 6 heteroatoms. The lowest BCUT2D eigenvalue weighted by Crippen LogP contribution is -2.13. The van der Waals surface area contributed by atoms with E-state index >= 15 is 0 Å². The van der Waals surface area contributed by atoms with Gasteiger partial charge in [-0.1, -0.05) is 25.0 Å². The normalized spacial score (nSPS) is 19.3. The predicted octanol–water partition coefficient (Wildman–Crippen LogP) is 4.14. The lowest BCUT2D eigenvalue weighted by atomic mass is 9.88. The molecule has 0 radical (unpaired) electrons. The zero-order valence-electron chi connectivity index (χ0n) is 14.0. The number of hydrogen-bond donors (Lipinski definition) is 1. The molecule has 2 aromatic heterocycles. The highest BCUT2D eigenvalue weighted by molar-refractivity contribution is 7.89. The average Bonchev–Trinajstić information content (AvgIpc) is 3.28. The van der Waals surface area contributed by atoms with Gasteiger partial charge in [-0.3, -0.25) is 0 Å². The maximum absolute atomic E-state index is 11.4. The number of nitrogens with zero attached hydrogens (tertiary/aromatic N) is 1. The topological polar surface area (TPSA) is 73.1 Å². The monoisotopic (exact) mass is 372 g/mol. The fourth-order valence-corrected chi connectivity index (χ4v) is 5.21. The van der Waals surface area contributed by atoms with Gasteiger partial charge in [0.05, 0.1) is 0 Å². The molecule has 1 spiro atoms. The predicted molar refractivity (Wildman–Crippen MR) is 102 cm³/mol. The maximum atomic E-state index is 11.4. The van der Waals surface area contributed by atoms with Crippen LogP contribution in [-0.2, 0) is 10.0 Å². The van der Waals surface area contributed by atoms with Crippen molar-refractivity contribution in [2.75, 3.05) is 0 Å². The van der Waals surface area contributed by atoms with Crippen molar-refractivity contribution in [3.05, 3.63) is 57.9 Å². The molecule has 0 aliphatic heterocycles. The molecule has 2 N–H and O–H groups in total. The van der Waals surface area contributed by atoms with Crippen molar-refractivity contribution in [2.45, 2.75) is 37.6 Å². The van der Waals surface area contributed by atoms with E-state index in [-0.39, 0.29) is 10.4 Å². The number of pyridine rings is 1. The Morgan fingerprint density at radius 3 is 2.44 bits per heavy atom. The molecule has 4 nitrogen and oxygen atoms in total. The number of nitrogens with two attached hydrogens (primary N) is 1. The molecule has 1 saturated carbocycles. The quantitative estimate of drug-likeness (QED) is 0.880. The maximum Gasteiger partial charge on any atom is 0.255 e. The van der Waals surface area contributed by atoms with E-state index in [2.05, 4.69) is 35.5 Å². The van der Waals surface area contributed by atoms with Gasteiger partial charge < -0.3 is 0 Å². The van der Waals surface area contributed by atoms with E-state index in [1.807, 2.05) is 0 Å². The van der Waals surface area contributed by atoms with E-state index in [0.717, 1.165) is 11.1 Å². The highest BCUT2D eigenvalue weighted by Crippen LogP contribution is 2.52. The molecule has 25 heavy (non-hydrogen) atoms. The van der Waals surface area contributed by atoms with Crippen molar-refractivity contribution in [1.29, 1.82) is 0 Å². The number of hydrogen-bond acceptors (Lipinski definition) is 4. The number of primary sulfonamides is 1. The van der Waals surface area contributed by atoms with Crippen LogP contribution in [0, 0.1) is 12.3 Å².